The first-order valence-corrected chi connectivity index (χ1v) is 5.06. The zero-order valence-corrected chi connectivity index (χ0v) is 9.27. The summed E-state index contributed by atoms with van der Waals surface area (Å²) in [4.78, 5) is 11.4. The summed E-state index contributed by atoms with van der Waals surface area (Å²) in [5, 5.41) is 6.70. The van der Waals surface area contributed by atoms with Crippen LogP contribution in [0.5, 0.6) is 0 Å². The van der Waals surface area contributed by atoms with Gasteiger partial charge in [-0.1, -0.05) is 30.3 Å². The number of nitrogens with zero attached hydrogens (tertiary/aromatic N) is 2. The second-order valence-corrected chi connectivity index (χ2v) is 3.49. The summed E-state index contributed by atoms with van der Waals surface area (Å²) >= 11 is 0. The van der Waals surface area contributed by atoms with Crippen LogP contribution in [-0.2, 0) is 0 Å². The number of carbonyl (C=O) groups excluding carboxylic acids is 1. The first-order chi connectivity index (χ1) is 7.72. The molecule has 1 N–H and O–H groups in total. The summed E-state index contributed by atoms with van der Waals surface area (Å²) in [7, 11) is 1.58. The Kier molecular flexibility index (Phi) is 2.72. The molecule has 0 spiro atoms. The van der Waals surface area contributed by atoms with Crippen molar-refractivity contribution in [1.82, 2.24) is 15.1 Å². The number of aryl methyl sites for hydroxylation is 1. The SMILES string of the molecule is CNC(=O)n1cc(-c2ccccc2)c(C)n1. The van der Waals surface area contributed by atoms with E-state index in [2.05, 4.69) is 10.4 Å². The topological polar surface area (TPSA) is 46.9 Å². The van der Waals surface area contributed by atoms with E-state index in [9.17, 15) is 4.79 Å². The van der Waals surface area contributed by atoms with Crippen molar-refractivity contribution < 1.29 is 4.79 Å². The first-order valence-electron chi connectivity index (χ1n) is 5.06. The van der Waals surface area contributed by atoms with E-state index in [1.165, 1.54) is 4.68 Å². The Morgan fingerprint density at radius 1 is 1.31 bits per heavy atom. The highest BCUT2D eigenvalue weighted by Crippen LogP contribution is 2.21. The molecule has 2 aromatic rings. The number of amides is 1. The lowest BCUT2D eigenvalue weighted by molar-refractivity contribution is 0.241. The molecule has 2 rings (SSSR count). The molecule has 4 nitrogen and oxygen atoms in total. The van der Waals surface area contributed by atoms with E-state index in [0.29, 0.717) is 0 Å². The van der Waals surface area contributed by atoms with Gasteiger partial charge in [0.2, 0.25) is 0 Å². The van der Waals surface area contributed by atoms with Gasteiger partial charge in [-0.05, 0) is 12.5 Å². The maximum atomic E-state index is 11.4. The average Bonchev–Trinajstić information content (AvgIpc) is 2.71. The van der Waals surface area contributed by atoms with Gasteiger partial charge in [0.25, 0.3) is 0 Å². The number of hydrogen-bond acceptors (Lipinski definition) is 2. The quantitative estimate of drug-likeness (QED) is 0.791. The van der Waals surface area contributed by atoms with Crippen LogP contribution in [-0.4, -0.2) is 22.9 Å². The van der Waals surface area contributed by atoms with Crippen LogP contribution in [0.3, 0.4) is 0 Å². The van der Waals surface area contributed by atoms with E-state index in [-0.39, 0.29) is 6.03 Å². The zero-order valence-electron chi connectivity index (χ0n) is 9.27. The molecule has 0 aliphatic carbocycles. The van der Waals surface area contributed by atoms with Crippen LogP contribution in [0.2, 0.25) is 0 Å². The minimum atomic E-state index is -0.231. The summed E-state index contributed by atoms with van der Waals surface area (Å²) in [5.41, 5.74) is 2.88. The Morgan fingerprint density at radius 3 is 2.62 bits per heavy atom. The molecule has 0 saturated carbocycles. The minimum Gasteiger partial charge on any atom is -0.339 e. The molecule has 0 unspecified atom stereocenters. The molecule has 82 valence electrons. The molecule has 1 amide bonds. The van der Waals surface area contributed by atoms with Crippen LogP contribution in [0.1, 0.15) is 5.69 Å². The smallest absolute Gasteiger partial charge is 0.339 e. The lowest BCUT2D eigenvalue weighted by Gasteiger charge is -1.97. The number of benzene rings is 1. The van der Waals surface area contributed by atoms with Crippen molar-refractivity contribution in [3.05, 3.63) is 42.2 Å². The molecular formula is C12H13N3O. The molecule has 16 heavy (non-hydrogen) atoms. The van der Waals surface area contributed by atoms with E-state index in [4.69, 9.17) is 0 Å². The maximum Gasteiger partial charge on any atom is 0.341 e. The summed E-state index contributed by atoms with van der Waals surface area (Å²) in [6, 6.07) is 9.65. The van der Waals surface area contributed by atoms with E-state index in [1.807, 2.05) is 37.3 Å². The normalized spacial score (nSPS) is 10.1. The molecule has 0 aliphatic rings. The summed E-state index contributed by atoms with van der Waals surface area (Å²) in [5.74, 6) is 0. The van der Waals surface area contributed by atoms with Gasteiger partial charge < -0.3 is 5.32 Å². The molecular weight excluding hydrogens is 202 g/mol. The van der Waals surface area contributed by atoms with Crippen LogP contribution in [0.15, 0.2) is 36.5 Å². The van der Waals surface area contributed by atoms with Crippen molar-refractivity contribution in [1.29, 1.82) is 0 Å². The van der Waals surface area contributed by atoms with Gasteiger partial charge >= 0.3 is 6.03 Å². The summed E-state index contributed by atoms with van der Waals surface area (Å²) in [6.45, 7) is 1.89. The number of nitrogens with one attached hydrogen (secondary N) is 1. The predicted octanol–water partition coefficient (Wildman–Crippen LogP) is 2.05. The molecule has 0 fully saturated rings. The average molecular weight is 215 g/mol. The van der Waals surface area contributed by atoms with Crippen molar-refractivity contribution in [2.45, 2.75) is 6.92 Å². The highest BCUT2D eigenvalue weighted by molar-refractivity contribution is 5.77. The Balaban J connectivity index is 2.44. The van der Waals surface area contributed by atoms with Crippen LogP contribution < -0.4 is 5.32 Å². The molecule has 0 radical (unpaired) electrons. The third kappa shape index (κ3) is 1.82. The monoisotopic (exact) mass is 215 g/mol. The van der Waals surface area contributed by atoms with Gasteiger partial charge in [0, 0.05) is 18.8 Å². The van der Waals surface area contributed by atoms with E-state index in [0.717, 1.165) is 16.8 Å². The number of rotatable bonds is 1. The molecule has 1 aromatic heterocycles. The van der Waals surface area contributed by atoms with Crippen molar-refractivity contribution in [2.24, 2.45) is 0 Å². The lowest BCUT2D eigenvalue weighted by atomic mass is 10.1. The third-order valence-corrected chi connectivity index (χ3v) is 2.41. The molecule has 1 heterocycles. The largest absolute Gasteiger partial charge is 0.341 e. The van der Waals surface area contributed by atoms with Crippen LogP contribution >= 0.6 is 0 Å². The standard InChI is InChI=1S/C12H13N3O/c1-9-11(10-6-4-3-5-7-10)8-15(14-9)12(16)13-2/h3-8H,1-2H3,(H,13,16). The first kappa shape index (κ1) is 10.4. The van der Waals surface area contributed by atoms with Crippen molar-refractivity contribution in [2.75, 3.05) is 7.05 Å². The van der Waals surface area contributed by atoms with Gasteiger partial charge in [-0.2, -0.15) is 9.78 Å². The molecule has 1 aromatic carbocycles. The van der Waals surface area contributed by atoms with E-state index >= 15 is 0 Å². The Morgan fingerprint density at radius 2 is 2.00 bits per heavy atom. The van der Waals surface area contributed by atoms with Crippen LogP contribution in [0.4, 0.5) is 4.79 Å². The van der Waals surface area contributed by atoms with E-state index in [1.54, 1.807) is 13.2 Å². The highest BCUT2D eigenvalue weighted by atomic mass is 16.2. The fourth-order valence-electron chi connectivity index (χ4n) is 1.58. The van der Waals surface area contributed by atoms with Crippen molar-refractivity contribution in [3.63, 3.8) is 0 Å². The number of carbonyl (C=O) groups is 1. The third-order valence-electron chi connectivity index (χ3n) is 2.41. The van der Waals surface area contributed by atoms with Crippen molar-refractivity contribution >= 4 is 6.03 Å². The Hall–Kier alpha value is -2.10. The fraction of sp³-hybridized carbons (Fsp3) is 0.167. The van der Waals surface area contributed by atoms with Crippen LogP contribution in [0, 0.1) is 6.92 Å². The van der Waals surface area contributed by atoms with Gasteiger partial charge in [0.15, 0.2) is 0 Å². The number of aromatic nitrogens is 2. The van der Waals surface area contributed by atoms with Gasteiger partial charge in [-0.25, -0.2) is 4.79 Å². The van der Waals surface area contributed by atoms with Crippen LogP contribution in [0.25, 0.3) is 11.1 Å². The zero-order chi connectivity index (χ0) is 11.5. The number of hydrogen-bond donors (Lipinski definition) is 1. The summed E-state index contributed by atoms with van der Waals surface area (Å²) in [6.07, 6.45) is 1.74. The molecule has 0 saturated heterocycles. The van der Waals surface area contributed by atoms with Gasteiger partial charge in [0.1, 0.15) is 0 Å². The van der Waals surface area contributed by atoms with Gasteiger partial charge in [-0.15, -0.1) is 0 Å². The van der Waals surface area contributed by atoms with E-state index < -0.39 is 0 Å². The molecule has 4 heteroatoms. The Labute approximate surface area is 93.9 Å². The molecule has 0 atom stereocenters. The van der Waals surface area contributed by atoms with Gasteiger partial charge in [-0.3, -0.25) is 0 Å². The second kappa shape index (κ2) is 4.18. The van der Waals surface area contributed by atoms with Gasteiger partial charge in [0.05, 0.1) is 5.69 Å². The lowest BCUT2D eigenvalue weighted by Crippen LogP contribution is -2.24. The maximum absolute atomic E-state index is 11.4. The molecule has 0 aliphatic heterocycles. The van der Waals surface area contributed by atoms with Crippen molar-refractivity contribution in [3.8, 4) is 11.1 Å². The predicted molar refractivity (Wildman–Crippen MR) is 62.3 cm³/mol. The fourth-order valence-corrected chi connectivity index (χ4v) is 1.58. The summed E-state index contributed by atoms with van der Waals surface area (Å²) < 4.78 is 1.32. The highest BCUT2D eigenvalue weighted by Gasteiger charge is 2.10. The second-order valence-electron chi connectivity index (χ2n) is 3.49. The molecule has 0 bridgehead atoms. The minimum absolute atomic E-state index is 0.231. The Bertz CT molecular complexity index is 502.